The fourth-order valence-corrected chi connectivity index (χ4v) is 3.88. The maximum atomic E-state index is 12.5. The molecule has 0 radical (unpaired) electrons. The van der Waals surface area contributed by atoms with Gasteiger partial charge in [-0.2, -0.15) is 5.10 Å². The van der Waals surface area contributed by atoms with Crippen molar-refractivity contribution in [1.82, 2.24) is 15.2 Å². The van der Waals surface area contributed by atoms with Crippen LogP contribution in [-0.2, 0) is 17.6 Å². The van der Waals surface area contributed by atoms with Gasteiger partial charge in [-0.3, -0.25) is 9.59 Å². The summed E-state index contributed by atoms with van der Waals surface area (Å²) in [6.45, 7) is 9.68. The van der Waals surface area contributed by atoms with Gasteiger partial charge in [-0.15, -0.1) is 11.3 Å². The van der Waals surface area contributed by atoms with E-state index in [1.165, 1.54) is 11.3 Å². The second kappa shape index (κ2) is 8.29. The molecule has 0 unspecified atom stereocenters. The van der Waals surface area contributed by atoms with Gasteiger partial charge in [-0.05, 0) is 30.5 Å². The molecule has 3 rings (SSSR count). The van der Waals surface area contributed by atoms with Crippen molar-refractivity contribution in [1.29, 1.82) is 0 Å². The summed E-state index contributed by atoms with van der Waals surface area (Å²) >= 11 is 1.45. The van der Waals surface area contributed by atoms with Crippen LogP contribution in [0, 0.1) is 5.41 Å². The van der Waals surface area contributed by atoms with Crippen molar-refractivity contribution in [2.45, 2.75) is 47.5 Å². The van der Waals surface area contributed by atoms with Crippen LogP contribution >= 0.6 is 11.3 Å². The third kappa shape index (κ3) is 4.45. The zero-order valence-electron chi connectivity index (χ0n) is 17.4. The number of aryl methyl sites for hydroxylation is 1. The Labute approximate surface area is 174 Å². The average molecular weight is 411 g/mol. The van der Waals surface area contributed by atoms with Gasteiger partial charge in [0.25, 0.3) is 5.56 Å². The fraction of sp³-hybridized carbons (Fsp3) is 0.364. The zero-order valence-corrected chi connectivity index (χ0v) is 18.2. The Hall–Kier alpha value is -2.80. The Bertz CT molecular complexity index is 1080. The van der Waals surface area contributed by atoms with E-state index in [0.717, 1.165) is 41.0 Å². The van der Waals surface area contributed by atoms with Crippen LogP contribution in [0.3, 0.4) is 0 Å². The number of carbonyl (C=O) groups excluding carboxylic acids is 1. The molecule has 0 bridgehead atoms. The van der Waals surface area contributed by atoms with Crippen LogP contribution in [0.5, 0.6) is 0 Å². The van der Waals surface area contributed by atoms with E-state index >= 15 is 0 Å². The lowest BCUT2D eigenvalue weighted by Gasteiger charge is -2.17. The monoisotopic (exact) mass is 410 g/mol. The van der Waals surface area contributed by atoms with Crippen LogP contribution in [-0.4, -0.2) is 21.1 Å². The molecule has 2 aromatic heterocycles. The van der Waals surface area contributed by atoms with Crippen LogP contribution in [0.1, 0.15) is 45.9 Å². The molecule has 1 aromatic carbocycles. The Balaban J connectivity index is 1.90. The van der Waals surface area contributed by atoms with Gasteiger partial charge >= 0.3 is 0 Å². The highest BCUT2D eigenvalue weighted by atomic mass is 32.1. The van der Waals surface area contributed by atoms with Crippen LogP contribution in [0.25, 0.3) is 21.8 Å². The average Bonchev–Trinajstić information content (AvgIpc) is 3.17. The summed E-state index contributed by atoms with van der Waals surface area (Å²) in [7, 11) is 0. The standard InChI is InChI=1S/C22H26N4O2S/c1-6-15-16(7-2)25-26-19(27)18(15)20-24-17(12-29-20)13-8-10-14(11-9-13)23-21(28)22(3,4)5/h8-12H,6-7H2,1-5H3,(H,23,28)(H,26,27). The maximum absolute atomic E-state index is 12.5. The Morgan fingerprint density at radius 1 is 1.14 bits per heavy atom. The molecule has 0 atom stereocenters. The number of amides is 1. The molecule has 0 aliphatic rings. The van der Waals surface area contributed by atoms with E-state index in [1.54, 1.807) is 0 Å². The van der Waals surface area contributed by atoms with E-state index in [0.29, 0.717) is 10.6 Å². The molecule has 0 aliphatic heterocycles. The SMILES string of the molecule is CCc1n[nH]c(=O)c(-c2nc(-c3ccc(NC(=O)C(C)(C)C)cc3)cs2)c1CC. The van der Waals surface area contributed by atoms with E-state index in [2.05, 4.69) is 15.5 Å². The molecule has 7 heteroatoms. The Morgan fingerprint density at radius 2 is 1.83 bits per heavy atom. The number of thiazole rings is 1. The van der Waals surface area contributed by atoms with E-state index in [1.807, 2.05) is 64.3 Å². The molecule has 0 saturated carbocycles. The minimum absolute atomic E-state index is 0.0306. The molecule has 0 spiro atoms. The molecule has 1 amide bonds. The number of H-pyrrole nitrogens is 1. The zero-order chi connectivity index (χ0) is 21.2. The largest absolute Gasteiger partial charge is 0.326 e. The van der Waals surface area contributed by atoms with Gasteiger partial charge in [-0.25, -0.2) is 10.1 Å². The van der Waals surface area contributed by atoms with Crippen LogP contribution in [0.2, 0.25) is 0 Å². The lowest BCUT2D eigenvalue weighted by molar-refractivity contribution is -0.123. The summed E-state index contributed by atoms with van der Waals surface area (Å²) in [6, 6.07) is 7.58. The van der Waals surface area contributed by atoms with Gasteiger partial charge in [0, 0.05) is 22.0 Å². The molecule has 3 aromatic rings. The summed E-state index contributed by atoms with van der Waals surface area (Å²) < 4.78 is 0. The van der Waals surface area contributed by atoms with E-state index in [-0.39, 0.29) is 11.5 Å². The summed E-state index contributed by atoms with van der Waals surface area (Å²) in [4.78, 5) is 29.3. The number of hydrogen-bond donors (Lipinski definition) is 2. The van der Waals surface area contributed by atoms with Crippen LogP contribution in [0.15, 0.2) is 34.4 Å². The highest BCUT2D eigenvalue weighted by molar-refractivity contribution is 7.13. The molecule has 0 aliphatic carbocycles. The number of benzene rings is 1. The van der Waals surface area contributed by atoms with E-state index < -0.39 is 5.41 Å². The highest BCUT2D eigenvalue weighted by Gasteiger charge is 2.21. The summed E-state index contributed by atoms with van der Waals surface area (Å²) in [5, 5.41) is 12.3. The molecule has 2 N–H and O–H groups in total. The molecule has 2 heterocycles. The molecule has 0 fully saturated rings. The fourth-order valence-electron chi connectivity index (χ4n) is 2.99. The first-order valence-corrected chi connectivity index (χ1v) is 10.6. The summed E-state index contributed by atoms with van der Waals surface area (Å²) in [5.74, 6) is -0.0306. The number of rotatable bonds is 5. The second-order valence-electron chi connectivity index (χ2n) is 7.88. The lowest BCUT2D eigenvalue weighted by atomic mass is 9.95. The highest BCUT2D eigenvalue weighted by Crippen LogP contribution is 2.30. The molecule has 152 valence electrons. The first-order chi connectivity index (χ1) is 13.7. The third-order valence-corrected chi connectivity index (χ3v) is 5.56. The van der Waals surface area contributed by atoms with Crippen molar-refractivity contribution in [2.75, 3.05) is 5.32 Å². The molecule has 0 saturated heterocycles. The number of anilines is 1. The van der Waals surface area contributed by atoms with Crippen LogP contribution in [0.4, 0.5) is 5.69 Å². The predicted molar refractivity (Wildman–Crippen MR) is 118 cm³/mol. The summed E-state index contributed by atoms with van der Waals surface area (Å²) in [6.07, 6.45) is 1.49. The lowest BCUT2D eigenvalue weighted by Crippen LogP contribution is -2.27. The van der Waals surface area contributed by atoms with Gasteiger partial charge in [0.15, 0.2) is 0 Å². The van der Waals surface area contributed by atoms with Crippen molar-refractivity contribution in [3.05, 3.63) is 51.3 Å². The first kappa shape index (κ1) is 20.9. The van der Waals surface area contributed by atoms with Gasteiger partial charge < -0.3 is 5.32 Å². The number of aromatic nitrogens is 3. The minimum atomic E-state index is -0.450. The smallest absolute Gasteiger partial charge is 0.274 e. The third-order valence-electron chi connectivity index (χ3n) is 4.70. The van der Waals surface area contributed by atoms with Crippen molar-refractivity contribution in [2.24, 2.45) is 5.41 Å². The Kier molecular flexibility index (Phi) is 5.98. The molecular formula is C22H26N4O2S. The van der Waals surface area contributed by atoms with Crippen LogP contribution < -0.4 is 10.9 Å². The van der Waals surface area contributed by atoms with Crippen molar-refractivity contribution >= 4 is 22.9 Å². The van der Waals surface area contributed by atoms with Gasteiger partial charge in [0.1, 0.15) is 5.01 Å². The number of aromatic amines is 1. The topological polar surface area (TPSA) is 87.7 Å². The maximum Gasteiger partial charge on any atom is 0.274 e. The van der Waals surface area contributed by atoms with Crippen molar-refractivity contribution in [3.63, 3.8) is 0 Å². The van der Waals surface area contributed by atoms with E-state index in [4.69, 9.17) is 4.98 Å². The number of hydrogen-bond acceptors (Lipinski definition) is 5. The second-order valence-corrected chi connectivity index (χ2v) is 8.74. The number of nitrogens with one attached hydrogen (secondary N) is 2. The van der Waals surface area contributed by atoms with Gasteiger partial charge in [-0.1, -0.05) is 46.8 Å². The minimum Gasteiger partial charge on any atom is -0.326 e. The molecule has 29 heavy (non-hydrogen) atoms. The normalized spacial score (nSPS) is 11.5. The van der Waals surface area contributed by atoms with Gasteiger partial charge in [0.2, 0.25) is 5.91 Å². The Morgan fingerprint density at radius 3 is 2.41 bits per heavy atom. The van der Waals surface area contributed by atoms with E-state index in [9.17, 15) is 9.59 Å². The summed E-state index contributed by atoms with van der Waals surface area (Å²) in [5.41, 5.74) is 4.29. The van der Waals surface area contributed by atoms with Crippen molar-refractivity contribution in [3.8, 4) is 21.8 Å². The number of carbonyl (C=O) groups is 1. The number of nitrogens with zero attached hydrogens (tertiary/aromatic N) is 2. The predicted octanol–water partition coefficient (Wildman–Crippen LogP) is 4.67. The first-order valence-electron chi connectivity index (χ1n) is 9.72. The quantitative estimate of drug-likeness (QED) is 0.640. The van der Waals surface area contributed by atoms with Crippen molar-refractivity contribution < 1.29 is 4.79 Å². The molecule has 6 nitrogen and oxygen atoms in total. The molecular weight excluding hydrogens is 384 g/mol. The van der Waals surface area contributed by atoms with Gasteiger partial charge in [0.05, 0.1) is 17.0 Å².